The molecule has 0 unspecified atom stereocenters. The van der Waals surface area contributed by atoms with Gasteiger partial charge in [0.1, 0.15) is 0 Å². The SMILES string of the molecule is C=C(C)C[C@H](N)CO. The molecule has 0 fully saturated rings. The molecule has 0 aliphatic heterocycles. The standard InChI is InChI=1S/C6H13NO/c1-5(2)3-6(7)4-8/h6,8H,1,3-4,7H2,2H3/t6-/m0/s1. The third-order valence-corrected chi connectivity index (χ3v) is 0.845. The van der Waals surface area contributed by atoms with E-state index in [0.717, 1.165) is 12.0 Å². The van der Waals surface area contributed by atoms with Crippen molar-refractivity contribution in [3.05, 3.63) is 12.2 Å². The lowest BCUT2D eigenvalue weighted by molar-refractivity contribution is 0.265. The molecule has 8 heavy (non-hydrogen) atoms. The van der Waals surface area contributed by atoms with Crippen molar-refractivity contribution in [3.63, 3.8) is 0 Å². The monoisotopic (exact) mass is 115 g/mol. The van der Waals surface area contributed by atoms with E-state index in [4.69, 9.17) is 10.8 Å². The van der Waals surface area contributed by atoms with Gasteiger partial charge in [-0.3, -0.25) is 0 Å². The molecule has 0 bridgehead atoms. The summed E-state index contributed by atoms with van der Waals surface area (Å²) in [6.07, 6.45) is 0.719. The van der Waals surface area contributed by atoms with Gasteiger partial charge in [-0.05, 0) is 13.3 Å². The second-order valence-electron chi connectivity index (χ2n) is 2.10. The lowest BCUT2D eigenvalue weighted by Crippen LogP contribution is -2.24. The number of aliphatic hydroxyl groups is 1. The first-order valence-corrected chi connectivity index (χ1v) is 2.67. The topological polar surface area (TPSA) is 46.2 Å². The van der Waals surface area contributed by atoms with Crippen LogP contribution in [0.5, 0.6) is 0 Å². The zero-order valence-corrected chi connectivity index (χ0v) is 5.22. The Kier molecular flexibility index (Phi) is 3.48. The fourth-order valence-corrected chi connectivity index (χ4v) is 0.512. The molecule has 1 atom stereocenters. The summed E-state index contributed by atoms with van der Waals surface area (Å²) < 4.78 is 0. The predicted octanol–water partition coefficient (Wildman–Crippen LogP) is 0.272. The van der Waals surface area contributed by atoms with Gasteiger partial charge >= 0.3 is 0 Å². The summed E-state index contributed by atoms with van der Waals surface area (Å²) in [6, 6.07) is -0.118. The van der Waals surface area contributed by atoms with E-state index in [1.807, 2.05) is 6.92 Å². The molecule has 2 heteroatoms. The maximum absolute atomic E-state index is 8.42. The summed E-state index contributed by atoms with van der Waals surface area (Å²) >= 11 is 0. The number of hydrogen-bond donors (Lipinski definition) is 2. The second kappa shape index (κ2) is 3.64. The van der Waals surface area contributed by atoms with Gasteiger partial charge in [-0.15, -0.1) is 6.58 Å². The molecule has 0 rings (SSSR count). The van der Waals surface area contributed by atoms with Crippen LogP contribution in [0.2, 0.25) is 0 Å². The minimum absolute atomic E-state index is 0.0485. The lowest BCUT2D eigenvalue weighted by atomic mass is 10.1. The van der Waals surface area contributed by atoms with Gasteiger partial charge in [-0.1, -0.05) is 5.57 Å². The summed E-state index contributed by atoms with van der Waals surface area (Å²) in [5.74, 6) is 0. The minimum atomic E-state index is -0.118. The van der Waals surface area contributed by atoms with Crippen LogP contribution < -0.4 is 5.73 Å². The predicted molar refractivity (Wildman–Crippen MR) is 34.5 cm³/mol. The van der Waals surface area contributed by atoms with Crippen LogP contribution in [0.1, 0.15) is 13.3 Å². The Balaban J connectivity index is 3.24. The van der Waals surface area contributed by atoms with Crippen LogP contribution in [-0.2, 0) is 0 Å². The van der Waals surface area contributed by atoms with Gasteiger partial charge < -0.3 is 10.8 Å². The molecular weight excluding hydrogens is 102 g/mol. The summed E-state index contributed by atoms with van der Waals surface area (Å²) in [6.45, 7) is 5.60. The quantitative estimate of drug-likeness (QED) is 0.519. The van der Waals surface area contributed by atoms with Crippen LogP contribution in [-0.4, -0.2) is 17.8 Å². The van der Waals surface area contributed by atoms with Crippen LogP contribution in [0.15, 0.2) is 12.2 Å². The van der Waals surface area contributed by atoms with Gasteiger partial charge in [-0.2, -0.15) is 0 Å². The first kappa shape index (κ1) is 7.66. The number of hydrogen-bond acceptors (Lipinski definition) is 2. The molecule has 48 valence electrons. The van der Waals surface area contributed by atoms with E-state index < -0.39 is 0 Å². The van der Waals surface area contributed by atoms with Gasteiger partial charge in [0.25, 0.3) is 0 Å². The molecule has 0 radical (unpaired) electrons. The first-order valence-electron chi connectivity index (χ1n) is 2.67. The van der Waals surface area contributed by atoms with Crippen molar-refractivity contribution in [2.24, 2.45) is 5.73 Å². The molecule has 0 heterocycles. The van der Waals surface area contributed by atoms with E-state index in [1.54, 1.807) is 0 Å². The Hall–Kier alpha value is -0.340. The molecule has 2 nitrogen and oxygen atoms in total. The van der Waals surface area contributed by atoms with Crippen molar-refractivity contribution in [2.75, 3.05) is 6.61 Å². The number of rotatable bonds is 3. The van der Waals surface area contributed by atoms with E-state index in [0.29, 0.717) is 0 Å². The highest BCUT2D eigenvalue weighted by atomic mass is 16.3. The molecule has 0 aromatic rings. The molecule has 0 spiro atoms. The van der Waals surface area contributed by atoms with Crippen LogP contribution in [0.4, 0.5) is 0 Å². The Morgan fingerprint density at radius 3 is 2.50 bits per heavy atom. The van der Waals surface area contributed by atoms with Gasteiger partial charge in [0.2, 0.25) is 0 Å². The Morgan fingerprint density at radius 2 is 2.38 bits per heavy atom. The molecule has 0 saturated heterocycles. The van der Waals surface area contributed by atoms with Crippen molar-refractivity contribution >= 4 is 0 Å². The molecule has 0 amide bonds. The Labute approximate surface area is 50.0 Å². The molecule has 0 saturated carbocycles. The minimum Gasteiger partial charge on any atom is -0.395 e. The van der Waals surface area contributed by atoms with E-state index in [2.05, 4.69) is 6.58 Å². The van der Waals surface area contributed by atoms with Gasteiger partial charge in [0, 0.05) is 6.04 Å². The van der Waals surface area contributed by atoms with Crippen LogP contribution in [0, 0.1) is 0 Å². The lowest BCUT2D eigenvalue weighted by Gasteiger charge is -2.05. The first-order chi connectivity index (χ1) is 3.66. The summed E-state index contributed by atoms with van der Waals surface area (Å²) in [5.41, 5.74) is 6.38. The van der Waals surface area contributed by atoms with Crippen molar-refractivity contribution in [3.8, 4) is 0 Å². The van der Waals surface area contributed by atoms with E-state index in [-0.39, 0.29) is 12.6 Å². The average molecular weight is 115 g/mol. The largest absolute Gasteiger partial charge is 0.395 e. The maximum atomic E-state index is 8.42. The molecular formula is C6H13NO. The third kappa shape index (κ3) is 3.84. The fourth-order valence-electron chi connectivity index (χ4n) is 0.512. The maximum Gasteiger partial charge on any atom is 0.0585 e. The Bertz CT molecular complexity index is 80.6. The van der Waals surface area contributed by atoms with Crippen molar-refractivity contribution < 1.29 is 5.11 Å². The Morgan fingerprint density at radius 1 is 1.88 bits per heavy atom. The molecule has 0 aliphatic carbocycles. The fraction of sp³-hybridized carbons (Fsp3) is 0.667. The van der Waals surface area contributed by atoms with Gasteiger partial charge in [0.15, 0.2) is 0 Å². The zero-order chi connectivity index (χ0) is 6.57. The van der Waals surface area contributed by atoms with Crippen molar-refractivity contribution in [1.29, 1.82) is 0 Å². The third-order valence-electron chi connectivity index (χ3n) is 0.845. The number of nitrogens with two attached hydrogens (primary N) is 1. The number of aliphatic hydroxyl groups excluding tert-OH is 1. The van der Waals surface area contributed by atoms with Crippen molar-refractivity contribution in [1.82, 2.24) is 0 Å². The van der Waals surface area contributed by atoms with Crippen LogP contribution in [0.25, 0.3) is 0 Å². The highest BCUT2D eigenvalue weighted by Gasteiger charge is 1.97. The normalized spacial score (nSPS) is 13.4. The summed E-state index contributed by atoms with van der Waals surface area (Å²) in [5, 5.41) is 8.42. The average Bonchev–Trinajstić information content (AvgIpc) is 1.65. The van der Waals surface area contributed by atoms with Crippen molar-refractivity contribution in [2.45, 2.75) is 19.4 Å². The second-order valence-corrected chi connectivity index (χ2v) is 2.10. The van der Waals surface area contributed by atoms with E-state index >= 15 is 0 Å². The smallest absolute Gasteiger partial charge is 0.0585 e. The van der Waals surface area contributed by atoms with Crippen LogP contribution in [0.3, 0.4) is 0 Å². The summed E-state index contributed by atoms with van der Waals surface area (Å²) in [7, 11) is 0. The summed E-state index contributed by atoms with van der Waals surface area (Å²) in [4.78, 5) is 0. The zero-order valence-electron chi connectivity index (χ0n) is 5.22. The van der Waals surface area contributed by atoms with E-state index in [9.17, 15) is 0 Å². The molecule has 0 aromatic heterocycles. The van der Waals surface area contributed by atoms with Gasteiger partial charge in [0.05, 0.1) is 6.61 Å². The molecule has 3 N–H and O–H groups in total. The highest BCUT2D eigenvalue weighted by molar-refractivity contribution is 4.91. The molecule has 0 aromatic carbocycles. The molecule has 0 aliphatic rings. The van der Waals surface area contributed by atoms with Gasteiger partial charge in [-0.25, -0.2) is 0 Å². The highest BCUT2D eigenvalue weighted by Crippen LogP contribution is 1.97. The van der Waals surface area contributed by atoms with E-state index in [1.165, 1.54) is 0 Å². The van der Waals surface area contributed by atoms with Crippen LogP contribution >= 0.6 is 0 Å².